The van der Waals surface area contributed by atoms with Gasteiger partial charge >= 0.3 is 5.97 Å². The molecule has 0 aromatic heterocycles. The topological polar surface area (TPSA) is 49.9 Å². The largest absolute Gasteiger partial charge is 0.463 e. The van der Waals surface area contributed by atoms with Gasteiger partial charge in [0.25, 0.3) is 5.91 Å². The predicted octanol–water partition coefficient (Wildman–Crippen LogP) is 3.59. The highest BCUT2D eigenvalue weighted by Gasteiger charge is 2.26. The fourth-order valence-corrected chi connectivity index (χ4v) is 2.84. The maximum atomic E-state index is 13.3. The fraction of sp³-hybridized carbons (Fsp3) is 0.500. The first-order chi connectivity index (χ1) is 11.7. The highest BCUT2D eigenvalue weighted by Crippen LogP contribution is 2.27. The molecule has 5 nitrogen and oxygen atoms in total. The molecule has 0 aliphatic rings. The summed E-state index contributed by atoms with van der Waals surface area (Å²) in [6.07, 6.45) is 3.02. The average molecular weight is 346 g/mol. The molecule has 0 unspecified atom stereocenters. The number of hydrogen-bond donors (Lipinski definition) is 0. The van der Waals surface area contributed by atoms with E-state index in [1.54, 1.807) is 13.0 Å². The second-order valence-corrected chi connectivity index (χ2v) is 6.62. The minimum Gasteiger partial charge on any atom is -0.463 e. The molecule has 0 radical (unpaired) electrons. The van der Waals surface area contributed by atoms with E-state index in [0.29, 0.717) is 17.7 Å². The molecular weight excluding hydrogens is 316 g/mol. The number of rotatable bonds is 7. The van der Waals surface area contributed by atoms with Crippen LogP contribution in [-0.4, -0.2) is 49.6 Å². The van der Waals surface area contributed by atoms with Crippen molar-refractivity contribution in [2.24, 2.45) is 0 Å². The number of nitrogens with zero attached hydrogens (tertiary/aromatic N) is 2. The van der Waals surface area contributed by atoms with Gasteiger partial charge < -0.3 is 14.5 Å². The number of carbonyl (C=O) groups excluding carboxylic acids is 2. The van der Waals surface area contributed by atoms with Crippen LogP contribution in [0.1, 0.15) is 50.5 Å². The fourth-order valence-electron chi connectivity index (χ4n) is 2.84. The van der Waals surface area contributed by atoms with E-state index >= 15 is 0 Å². The van der Waals surface area contributed by atoms with Gasteiger partial charge in [-0.3, -0.25) is 4.79 Å². The summed E-state index contributed by atoms with van der Waals surface area (Å²) in [4.78, 5) is 28.7. The quantitative estimate of drug-likeness (QED) is 0.559. The van der Waals surface area contributed by atoms with Gasteiger partial charge in [0.15, 0.2) is 0 Å². The molecule has 1 rings (SSSR count). The summed E-state index contributed by atoms with van der Waals surface area (Å²) in [5, 5.41) is 0. The van der Waals surface area contributed by atoms with Gasteiger partial charge in [0.2, 0.25) is 0 Å². The van der Waals surface area contributed by atoms with Crippen molar-refractivity contribution in [1.82, 2.24) is 4.90 Å². The minimum atomic E-state index is -0.416. The average Bonchev–Trinajstić information content (AvgIpc) is 2.51. The molecule has 0 saturated carbocycles. The number of anilines is 1. The monoisotopic (exact) mass is 346 g/mol. The molecule has 0 N–H and O–H groups in total. The third-order valence-corrected chi connectivity index (χ3v) is 3.80. The van der Waals surface area contributed by atoms with Crippen molar-refractivity contribution in [3.63, 3.8) is 0 Å². The molecule has 0 saturated heterocycles. The third-order valence-electron chi connectivity index (χ3n) is 3.80. The van der Waals surface area contributed by atoms with Crippen LogP contribution in [0, 0.1) is 0 Å². The molecule has 25 heavy (non-hydrogen) atoms. The molecule has 0 fully saturated rings. The molecule has 1 amide bonds. The predicted molar refractivity (Wildman–Crippen MR) is 103 cm³/mol. The van der Waals surface area contributed by atoms with E-state index in [-0.39, 0.29) is 18.0 Å². The lowest BCUT2D eigenvalue weighted by Crippen LogP contribution is -2.42. The number of benzene rings is 1. The second-order valence-electron chi connectivity index (χ2n) is 6.62. The molecular formula is C20H30N2O3. The van der Waals surface area contributed by atoms with E-state index in [4.69, 9.17) is 4.74 Å². The summed E-state index contributed by atoms with van der Waals surface area (Å²) in [6, 6.07) is 5.78. The zero-order valence-corrected chi connectivity index (χ0v) is 16.4. The lowest BCUT2D eigenvalue weighted by Gasteiger charge is -2.32. The summed E-state index contributed by atoms with van der Waals surface area (Å²) in [6.45, 7) is 10.1. The minimum absolute atomic E-state index is 0.0437. The van der Waals surface area contributed by atoms with Gasteiger partial charge in [-0.2, -0.15) is 0 Å². The van der Waals surface area contributed by atoms with Crippen LogP contribution in [0.2, 0.25) is 0 Å². The number of hydrogen-bond acceptors (Lipinski definition) is 4. The molecule has 0 aliphatic carbocycles. The number of amides is 1. The Morgan fingerprint density at radius 1 is 1.12 bits per heavy atom. The van der Waals surface area contributed by atoms with Gasteiger partial charge in [0, 0.05) is 37.9 Å². The lowest BCUT2D eigenvalue weighted by atomic mass is 10.0. The smallest absolute Gasteiger partial charge is 0.330 e. The van der Waals surface area contributed by atoms with Crippen molar-refractivity contribution in [1.29, 1.82) is 0 Å². The molecule has 0 atom stereocenters. The Labute approximate surface area is 151 Å². The van der Waals surface area contributed by atoms with E-state index in [2.05, 4.69) is 0 Å². The van der Waals surface area contributed by atoms with E-state index in [1.165, 1.54) is 6.08 Å². The Hall–Kier alpha value is -2.30. The van der Waals surface area contributed by atoms with Crippen LogP contribution >= 0.6 is 0 Å². The van der Waals surface area contributed by atoms with Crippen LogP contribution < -0.4 is 4.90 Å². The Morgan fingerprint density at radius 3 is 2.20 bits per heavy atom. The van der Waals surface area contributed by atoms with Crippen LogP contribution in [0.25, 0.3) is 6.08 Å². The summed E-state index contributed by atoms with van der Waals surface area (Å²) in [5.74, 6) is -0.460. The highest BCUT2D eigenvalue weighted by molar-refractivity contribution is 6.04. The van der Waals surface area contributed by atoms with Gasteiger partial charge in [-0.25, -0.2) is 4.79 Å². The summed E-state index contributed by atoms with van der Waals surface area (Å²) in [5.41, 5.74) is 2.12. The van der Waals surface area contributed by atoms with Gasteiger partial charge in [-0.1, -0.05) is 12.1 Å². The van der Waals surface area contributed by atoms with Crippen LogP contribution in [0.3, 0.4) is 0 Å². The van der Waals surface area contributed by atoms with E-state index < -0.39 is 5.97 Å². The first-order valence-electron chi connectivity index (χ1n) is 8.68. The zero-order chi connectivity index (χ0) is 19.1. The Balaban J connectivity index is 3.43. The first kappa shape index (κ1) is 20.7. The number of ether oxygens (including phenoxy) is 1. The van der Waals surface area contributed by atoms with E-state index in [0.717, 1.165) is 5.69 Å². The third kappa shape index (κ3) is 5.34. The number of esters is 1. The molecule has 1 aromatic rings. The van der Waals surface area contributed by atoms with Crippen molar-refractivity contribution in [3.8, 4) is 0 Å². The summed E-state index contributed by atoms with van der Waals surface area (Å²) >= 11 is 0. The van der Waals surface area contributed by atoms with Crippen LogP contribution in [-0.2, 0) is 9.53 Å². The molecule has 0 bridgehead atoms. The number of carbonyl (C=O) groups is 2. The van der Waals surface area contributed by atoms with Crippen LogP contribution in [0.4, 0.5) is 5.69 Å². The van der Waals surface area contributed by atoms with Crippen LogP contribution in [0.5, 0.6) is 0 Å². The van der Waals surface area contributed by atoms with Crippen molar-refractivity contribution in [2.45, 2.75) is 46.7 Å². The van der Waals surface area contributed by atoms with Crippen molar-refractivity contribution in [2.75, 3.05) is 25.6 Å². The van der Waals surface area contributed by atoms with Gasteiger partial charge in [-0.15, -0.1) is 0 Å². The summed E-state index contributed by atoms with van der Waals surface area (Å²) in [7, 11) is 3.81. The maximum absolute atomic E-state index is 13.3. The molecule has 0 spiro atoms. The van der Waals surface area contributed by atoms with Gasteiger partial charge in [0.1, 0.15) is 0 Å². The normalized spacial score (nSPS) is 11.2. The van der Waals surface area contributed by atoms with Crippen molar-refractivity contribution >= 4 is 23.6 Å². The Morgan fingerprint density at radius 2 is 1.72 bits per heavy atom. The van der Waals surface area contributed by atoms with Crippen molar-refractivity contribution < 1.29 is 14.3 Å². The van der Waals surface area contributed by atoms with E-state index in [9.17, 15) is 9.59 Å². The first-order valence-corrected chi connectivity index (χ1v) is 8.68. The molecule has 0 aliphatic heterocycles. The molecule has 138 valence electrons. The van der Waals surface area contributed by atoms with Gasteiger partial charge in [0.05, 0.1) is 12.2 Å². The molecule has 5 heteroatoms. The van der Waals surface area contributed by atoms with Crippen molar-refractivity contribution in [3.05, 3.63) is 35.4 Å². The Bertz CT molecular complexity index is 626. The summed E-state index contributed by atoms with van der Waals surface area (Å²) < 4.78 is 4.93. The highest BCUT2D eigenvalue weighted by atomic mass is 16.5. The molecule has 1 aromatic carbocycles. The van der Waals surface area contributed by atoms with Gasteiger partial charge in [-0.05, 0) is 52.3 Å². The Kier molecular flexibility index (Phi) is 7.68. The lowest BCUT2D eigenvalue weighted by molar-refractivity contribution is -0.137. The van der Waals surface area contributed by atoms with Crippen LogP contribution in [0.15, 0.2) is 24.3 Å². The standard InChI is InChI=1S/C20H30N2O3/c1-8-25-18(23)13-12-16-10-9-11-17(21(6)7)19(16)20(24)22(14(2)3)15(4)5/h9-15H,8H2,1-7H3/b13-12+. The zero-order valence-electron chi connectivity index (χ0n) is 16.4. The molecule has 0 heterocycles. The van der Waals surface area contributed by atoms with E-state index in [1.807, 2.05) is 69.8 Å². The second kappa shape index (κ2) is 9.25. The maximum Gasteiger partial charge on any atom is 0.330 e. The SMILES string of the molecule is CCOC(=O)/C=C/c1cccc(N(C)C)c1C(=O)N(C(C)C)C(C)C.